The standard InChI is InChI=1S/C24H27N3O7/c1-32-16-8-9-19-17(13-16)23(29)18(14-27(19)11-5-4-6-22(28)26-31)24(30)25-15-7-10-20(33-2)21(12-15)34-3/h7-10,12-14,31H,4-6,11H2,1-3H3,(H,25,30)(H,26,28). The van der Waals surface area contributed by atoms with Gasteiger partial charge in [-0.05, 0) is 43.2 Å². The second kappa shape index (κ2) is 11.2. The van der Waals surface area contributed by atoms with Crippen LogP contribution in [0.4, 0.5) is 5.69 Å². The molecule has 34 heavy (non-hydrogen) atoms. The van der Waals surface area contributed by atoms with Crippen LogP contribution in [0.1, 0.15) is 29.6 Å². The van der Waals surface area contributed by atoms with Gasteiger partial charge >= 0.3 is 0 Å². The SMILES string of the molecule is COc1ccc2c(c1)c(=O)c(C(=O)Nc1ccc(OC)c(OC)c1)cn2CCCCC(=O)NO. The van der Waals surface area contributed by atoms with Gasteiger partial charge < -0.3 is 24.1 Å². The number of carbonyl (C=O) groups excluding carboxylic acids is 2. The van der Waals surface area contributed by atoms with Crippen molar-refractivity contribution in [3.8, 4) is 17.2 Å². The Morgan fingerprint density at radius 3 is 2.41 bits per heavy atom. The largest absolute Gasteiger partial charge is 0.497 e. The van der Waals surface area contributed by atoms with E-state index in [1.165, 1.54) is 27.5 Å². The number of anilines is 1. The normalized spacial score (nSPS) is 10.6. The van der Waals surface area contributed by atoms with Gasteiger partial charge in [0.1, 0.15) is 11.3 Å². The molecule has 10 heteroatoms. The van der Waals surface area contributed by atoms with Crippen LogP contribution in [-0.2, 0) is 11.3 Å². The first-order valence-corrected chi connectivity index (χ1v) is 10.6. The molecule has 10 nitrogen and oxygen atoms in total. The number of amides is 2. The second-order valence-electron chi connectivity index (χ2n) is 7.46. The summed E-state index contributed by atoms with van der Waals surface area (Å²) in [6, 6.07) is 9.99. The van der Waals surface area contributed by atoms with Gasteiger partial charge in [0.25, 0.3) is 5.91 Å². The van der Waals surface area contributed by atoms with Crippen LogP contribution in [0.3, 0.4) is 0 Å². The number of nitrogens with zero attached hydrogens (tertiary/aromatic N) is 1. The van der Waals surface area contributed by atoms with Crippen LogP contribution >= 0.6 is 0 Å². The molecule has 1 aromatic heterocycles. The molecule has 0 aliphatic heterocycles. The fraction of sp³-hybridized carbons (Fsp3) is 0.292. The van der Waals surface area contributed by atoms with Crippen LogP contribution in [0.25, 0.3) is 10.9 Å². The molecule has 0 aliphatic carbocycles. The van der Waals surface area contributed by atoms with E-state index in [4.69, 9.17) is 19.4 Å². The predicted octanol–water partition coefficient (Wildman–Crippen LogP) is 2.96. The molecular formula is C24H27N3O7. The number of hydrogen-bond acceptors (Lipinski definition) is 7. The van der Waals surface area contributed by atoms with E-state index in [2.05, 4.69) is 5.32 Å². The molecule has 2 aromatic carbocycles. The second-order valence-corrected chi connectivity index (χ2v) is 7.46. The average molecular weight is 469 g/mol. The van der Waals surface area contributed by atoms with E-state index in [0.29, 0.717) is 53.2 Å². The van der Waals surface area contributed by atoms with Gasteiger partial charge in [0.05, 0.1) is 32.2 Å². The summed E-state index contributed by atoms with van der Waals surface area (Å²) in [6.45, 7) is 0.457. The molecule has 0 unspecified atom stereocenters. The maximum absolute atomic E-state index is 13.2. The number of carbonyl (C=O) groups is 2. The fourth-order valence-corrected chi connectivity index (χ4v) is 3.59. The zero-order valence-electron chi connectivity index (χ0n) is 19.2. The number of hydroxylamine groups is 1. The Morgan fingerprint density at radius 1 is 0.971 bits per heavy atom. The van der Waals surface area contributed by atoms with Crippen LogP contribution in [-0.4, -0.2) is 42.9 Å². The molecule has 0 aliphatic rings. The van der Waals surface area contributed by atoms with E-state index in [1.54, 1.807) is 46.4 Å². The quantitative estimate of drug-likeness (QED) is 0.237. The van der Waals surface area contributed by atoms with Crippen LogP contribution in [0.2, 0.25) is 0 Å². The minimum Gasteiger partial charge on any atom is -0.497 e. The molecule has 0 atom stereocenters. The molecular weight excluding hydrogens is 442 g/mol. The van der Waals surface area contributed by atoms with Crippen molar-refractivity contribution < 1.29 is 29.0 Å². The molecule has 3 aromatic rings. The molecule has 0 saturated heterocycles. The highest BCUT2D eigenvalue weighted by Crippen LogP contribution is 2.30. The summed E-state index contributed by atoms with van der Waals surface area (Å²) in [5.41, 5.74) is 2.22. The molecule has 0 bridgehead atoms. The van der Waals surface area contributed by atoms with Crippen molar-refractivity contribution >= 4 is 28.4 Å². The number of nitrogens with one attached hydrogen (secondary N) is 2. The number of aryl methyl sites for hydroxylation is 1. The van der Waals surface area contributed by atoms with Crippen molar-refractivity contribution in [1.29, 1.82) is 0 Å². The number of aromatic nitrogens is 1. The predicted molar refractivity (Wildman–Crippen MR) is 126 cm³/mol. The summed E-state index contributed by atoms with van der Waals surface area (Å²) in [5, 5.41) is 11.7. The van der Waals surface area contributed by atoms with Crippen molar-refractivity contribution in [3.63, 3.8) is 0 Å². The Kier molecular flexibility index (Phi) is 8.10. The third-order valence-electron chi connectivity index (χ3n) is 5.35. The smallest absolute Gasteiger partial charge is 0.261 e. The van der Waals surface area contributed by atoms with Crippen LogP contribution in [0, 0.1) is 0 Å². The zero-order valence-corrected chi connectivity index (χ0v) is 19.2. The first-order chi connectivity index (χ1) is 16.4. The van der Waals surface area contributed by atoms with E-state index >= 15 is 0 Å². The topological polar surface area (TPSA) is 128 Å². The summed E-state index contributed by atoms with van der Waals surface area (Å²) in [6.07, 6.45) is 2.78. The molecule has 2 amide bonds. The summed E-state index contributed by atoms with van der Waals surface area (Å²) < 4.78 is 17.5. The van der Waals surface area contributed by atoms with Crippen LogP contribution in [0.15, 0.2) is 47.4 Å². The number of rotatable bonds is 10. The van der Waals surface area contributed by atoms with E-state index in [0.717, 1.165) is 0 Å². The van der Waals surface area contributed by atoms with Gasteiger partial charge in [-0.15, -0.1) is 0 Å². The number of methoxy groups -OCH3 is 3. The number of hydrogen-bond donors (Lipinski definition) is 3. The minimum absolute atomic E-state index is 0.0383. The van der Waals surface area contributed by atoms with Gasteiger partial charge in [0, 0.05) is 30.9 Å². The Bertz CT molecular complexity index is 1250. The lowest BCUT2D eigenvalue weighted by Crippen LogP contribution is -2.24. The number of pyridine rings is 1. The lowest BCUT2D eigenvalue weighted by atomic mass is 10.1. The van der Waals surface area contributed by atoms with Gasteiger partial charge in [-0.1, -0.05) is 0 Å². The molecule has 0 radical (unpaired) electrons. The van der Waals surface area contributed by atoms with Crippen molar-refractivity contribution in [3.05, 3.63) is 58.4 Å². The van der Waals surface area contributed by atoms with Gasteiger partial charge in [-0.25, -0.2) is 5.48 Å². The van der Waals surface area contributed by atoms with E-state index in [9.17, 15) is 14.4 Å². The Morgan fingerprint density at radius 2 is 1.74 bits per heavy atom. The molecule has 1 heterocycles. The van der Waals surface area contributed by atoms with Crippen molar-refractivity contribution in [2.45, 2.75) is 25.8 Å². The minimum atomic E-state index is -0.574. The summed E-state index contributed by atoms with van der Waals surface area (Å²) in [5.74, 6) is 0.400. The monoisotopic (exact) mass is 469 g/mol. The van der Waals surface area contributed by atoms with Crippen molar-refractivity contribution in [2.24, 2.45) is 0 Å². The van der Waals surface area contributed by atoms with Crippen molar-refractivity contribution in [1.82, 2.24) is 10.0 Å². The molecule has 3 rings (SSSR count). The first kappa shape index (κ1) is 24.6. The molecule has 180 valence electrons. The summed E-state index contributed by atoms with van der Waals surface area (Å²) >= 11 is 0. The maximum Gasteiger partial charge on any atom is 0.261 e. The van der Waals surface area contributed by atoms with Gasteiger partial charge in [0.2, 0.25) is 11.3 Å². The van der Waals surface area contributed by atoms with Gasteiger partial charge in [0.15, 0.2) is 11.5 Å². The Labute approximate surface area is 196 Å². The molecule has 0 spiro atoms. The van der Waals surface area contributed by atoms with Crippen LogP contribution < -0.4 is 30.4 Å². The average Bonchev–Trinajstić information content (AvgIpc) is 2.86. The van der Waals surface area contributed by atoms with Crippen LogP contribution in [0.5, 0.6) is 17.2 Å². The molecule has 3 N–H and O–H groups in total. The summed E-state index contributed by atoms with van der Waals surface area (Å²) in [7, 11) is 4.50. The van der Waals surface area contributed by atoms with E-state index in [-0.39, 0.29) is 12.0 Å². The fourth-order valence-electron chi connectivity index (χ4n) is 3.59. The highest BCUT2D eigenvalue weighted by atomic mass is 16.5. The van der Waals surface area contributed by atoms with E-state index < -0.39 is 17.2 Å². The molecule has 0 saturated carbocycles. The Balaban J connectivity index is 1.95. The van der Waals surface area contributed by atoms with E-state index in [1.807, 2.05) is 0 Å². The number of benzene rings is 2. The first-order valence-electron chi connectivity index (χ1n) is 10.6. The Hall–Kier alpha value is -4.05. The van der Waals surface area contributed by atoms with Gasteiger partial charge in [-0.2, -0.15) is 0 Å². The number of fused-ring (bicyclic) bond motifs is 1. The number of unbranched alkanes of at least 4 members (excludes halogenated alkanes) is 1. The lowest BCUT2D eigenvalue weighted by Gasteiger charge is -2.15. The molecule has 0 fully saturated rings. The van der Waals surface area contributed by atoms with Crippen molar-refractivity contribution in [2.75, 3.05) is 26.6 Å². The third kappa shape index (κ3) is 5.46. The number of ether oxygens (including phenoxy) is 3. The highest BCUT2D eigenvalue weighted by Gasteiger charge is 2.17. The summed E-state index contributed by atoms with van der Waals surface area (Å²) in [4.78, 5) is 37.6. The maximum atomic E-state index is 13.2. The van der Waals surface area contributed by atoms with Gasteiger partial charge in [-0.3, -0.25) is 19.6 Å². The zero-order chi connectivity index (χ0) is 24.7. The third-order valence-corrected chi connectivity index (χ3v) is 5.35. The highest BCUT2D eigenvalue weighted by molar-refractivity contribution is 6.06. The lowest BCUT2D eigenvalue weighted by molar-refractivity contribution is -0.129.